The van der Waals surface area contributed by atoms with Crippen LogP contribution in [0.2, 0.25) is 0 Å². The van der Waals surface area contributed by atoms with Gasteiger partial charge in [-0.2, -0.15) is 5.10 Å². The van der Waals surface area contributed by atoms with Gasteiger partial charge in [0, 0.05) is 29.8 Å². The zero-order chi connectivity index (χ0) is 19.7. The van der Waals surface area contributed by atoms with E-state index in [9.17, 15) is 4.79 Å². The first-order chi connectivity index (χ1) is 13.5. The molecule has 1 amide bonds. The van der Waals surface area contributed by atoms with Crippen LogP contribution in [0.1, 0.15) is 27.9 Å². The molecule has 0 aliphatic heterocycles. The minimum absolute atomic E-state index is 0.188. The van der Waals surface area contributed by atoms with Crippen molar-refractivity contribution in [3.63, 3.8) is 0 Å². The third-order valence-electron chi connectivity index (χ3n) is 4.34. The van der Waals surface area contributed by atoms with E-state index in [1.54, 1.807) is 10.9 Å². The third kappa shape index (κ3) is 3.74. The van der Waals surface area contributed by atoms with Gasteiger partial charge in [-0.1, -0.05) is 31.2 Å². The Morgan fingerprint density at radius 3 is 2.64 bits per heavy atom. The number of hydrogen-bond donors (Lipinski definition) is 1. The van der Waals surface area contributed by atoms with Gasteiger partial charge in [0.25, 0.3) is 5.91 Å². The molecular formula is C20H19N5OS2. The van der Waals surface area contributed by atoms with Crippen LogP contribution < -0.4 is 5.32 Å². The van der Waals surface area contributed by atoms with E-state index < -0.39 is 0 Å². The largest absolute Gasteiger partial charge is 0.297 e. The highest BCUT2D eigenvalue weighted by molar-refractivity contribution is 7.17. The van der Waals surface area contributed by atoms with E-state index in [4.69, 9.17) is 0 Å². The molecule has 3 heterocycles. The normalized spacial score (nSPS) is 11.0. The van der Waals surface area contributed by atoms with Crippen molar-refractivity contribution in [1.29, 1.82) is 0 Å². The van der Waals surface area contributed by atoms with Gasteiger partial charge in [0.2, 0.25) is 0 Å². The molecule has 0 fully saturated rings. The van der Waals surface area contributed by atoms with Gasteiger partial charge in [-0.3, -0.25) is 14.8 Å². The minimum atomic E-state index is -0.188. The average Bonchev–Trinajstić information content (AvgIpc) is 3.42. The van der Waals surface area contributed by atoms with Crippen molar-refractivity contribution >= 4 is 33.7 Å². The molecule has 4 aromatic rings. The van der Waals surface area contributed by atoms with E-state index in [-0.39, 0.29) is 5.91 Å². The Kier molecular flexibility index (Phi) is 5.06. The predicted octanol–water partition coefficient (Wildman–Crippen LogP) is 4.79. The van der Waals surface area contributed by atoms with Crippen molar-refractivity contribution in [2.24, 2.45) is 7.05 Å². The lowest BCUT2D eigenvalue weighted by Gasteiger charge is -2.00. The molecule has 8 heteroatoms. The number of anilines is 1. The lowest BCUT2D eigenvalue weighted by atomic mass is 10.1. The topological polar surface area (TPSA) is 72.7 Å². The van der Waals surface area contributed by atoms with Gasteiger partial charge in [0.1, 0.15) is 9.88 Å². The Bertz CT molecular complexity index is 1120. The number of nitrogens with one attached hydrogen (secondary N) is 1. The molecule has 0 saturated carbocycles. The van der Waals surface area contributed by atoms with Crippen LogP contribution in [0.4, 0.5) is 5.13 Å². The summed E-state index contributed by atoms with van der Waals surface area (Å²) in [6.45, 7) is 3.97. The first kappa shape index (κ1) is 18.5. The van der Waals surface area contributed by atoms with Crippen LogP contribution in [-0.4, -0.2) is 25.7 Å². The SMILES string of the molecule is CCc1ccc(-c2csc(NC(=O)c3sc(-c4cnn(C)c4)nc3C)n2)cc1. The first-order valence-corrected chi connectivity index (χ1v) is 10.6. The van der Waals surface area contributed by atoms with Crippen molar-refractivity contribution in [1.82, 2.24) is 19.7 Å². The van der Waals surface area contributed by atoms with Gasteiger partial charge in [-0.15, -0.1) is 22.7 Å². The summed E-state index contributed by atoms with van der Waals surface area (Å²) in [7, 11) is 1.85. The van der Waals surface area contributed by atoms with Crippen LogP contribution in [0.15, 0.2) is 42.0 Å². The smallest absolute Gasteiger partial charge is 0.269 e. The molecular weight excluding hydrogens is 390 g/mol. The van der Waals surface area contributed by atoms with Crippen molar-refractivity contribution in [3.8, 4) is 21.8 Å². The molecule has 1 aromatic carbocycles. The predicted molar refractivity (Wildman–Crippen MR) is 114 cm³/mol. The Morgan fingerprint density at radius 1 is 1.18 bits per heavy atom. The highest BCUT2D eigenvalue weighted by atomic mass is 32.1. The van der Waals surface area contributed by atoms with Crippen molar-refractivity contribution < 1.29 is 4.79 Å². The van der Waals surface area contributed by atoms with Crippen LogP contribution >= 0.6 is 22.7 Å². The molecule has 0 radical (unpaired) electrons. The summed E-state index contributed by atoms with van der Waals surface area (Å²) in [6.07, 6.45) is 4.64. The molecule has 0 saturated heterocycles. The monoisotopic (exact) mass is 409 g/mol. The summed E-state index contributed by atoms with van der Waals surface area (Å²) in [6, 6.07) is 8.33. The van der Waals surface area contributed by atoms with E-state index in [0.29, 0.717) is 15.7 Å². The Hall–Kier alpha value is -2.84. The lowest BCUT2D eigenvalue weighted by molar-refractivity contribution is 0.103. The molecule has 0 atom stereocenters. The quantitative estimate of drug-likeness (QED) is 0.514. The van der Waals surface area contributed by atoms with Crippen LogP contribution in [-0.2, 0) is 13.5 Å². The molecule has 3 aromatic heterocycles. The maximum atomic E-state index is 12.7. The second-order valence-corrected chi connectivity index (χ2v) is 8.24. The molecule has 0 aliphatic carbocycles. The fourth-order valence-electron chi connectivity index (χ4n) is 2.79. The van der Waals surface area contributed by atoms with Crippen LogP contribution in [0.25, 0.3) is 21.8 Å². The number of benzene rings is 1. The highest BCUT2D eigenvalue weighted by Crippen LogP contribution is 2.29. The number of nitrogens with zero attached hydrogens (tertiary/aromatic N) is 4. The number of carbonyl (C=O) groups excluding carboxylic acids is 1. The molecule has 142 valence electrons. The second kappa shape index (κ2) is 7.65. The average molecular weight is 410 g/mol. The third-order valence-corrected chi connectivity index (χ3v) is 6.30. The maximum absolute atomic E-state index is 12.7. The summed E-state index contributed by atoms with van der Waals surface area (Å²) in [5, 5.41) is 10.4. The Morgan fingerprint density at radius 2 is 1.96 bits per heavy atom. The van der Waals surface area contributed by atoms with E-state index in [0.717, 1.165) is 28.2 Å². The fourth-order valence-corrected chi connectivity index (χ4v) is 4.44. The molecule has 1 N–H and O–H groups in total. The van der Waals surface area contributed by atoms with Crippen LogP contribution in [0.3, 0.4) is 0 Å². The second-order valence-electron chi connectivity index (χ2n) is 6.38. The summed E-state index contributed by atoms with van der Waals surface area (Å²) in [5.74, 6) is -0.188. The zero-order valence-electron chi connectivity index (χ0n) is 15.8. The maximum Gasteiger partial charge on any atom is 0.269 e. The van der Waals surface area contributed by atoms with Gasteiger partial charge in [-0.25, -0.2) is 9.97 Å². The summed E-state index contributed by atoms with van der Waals surface area (Å²) >= 11 is 2.78. The Balaban J connectivity index is 1.51. The van der Waals surface area contributed by atoms with Gasteiger partial charge in [0.15, 0.2) is 5.13 Å². The lowest BCUT2D eigenvalue weighted by Crippen LogP contribution is -2.11. The molecule has 0 unspecified atom stereocenters. The number of hydrogen-bond acceptors (Lipinski definition) is 6. The van der Waals surface area contributed by atoms with Crippen LogP contribution in [0.5, 0.6) is 0 Å². The van der Waals surface area contributed by atoms with Crippen molar-refractivity contribution in [3.05, 3.63) is 58.2 Å². The number of rotatable bonds is 5. The molecule has 0 bridgehead atoms. The minimum Gasteiger partial charge on any atom is -0.297 e. The molecule has 28 heavy (non-hydrogen) atoms. The number of amides is 1. The van der Waals surface area contributed by atoms with Gasteiger partial charge < -0.3 is 0 Å². The van der Waals surface area contributed by atoms with Crippen LogP contribution in [0, 0.1) is 6.92 Å². The molecule has 6 nitrogen and oxygen atoms in total. The summed E-state index contributed by atoms with van der Waals surface area (Å²) in [4.78, 5) is 22.4. The highest BCUT2D eigenvalue weighted by Gasteiger charge is 2.18. The zero-order valence-corrected chi connectivity index (χ0v) is 17.4. The number of aryl methyl sites for hydroxylation is 3. The number of thiazole rings is 2. The van der Waals surface area contributed by atoms with E-state index >= 15 is 0 Å². The Labute approximate surface area is 170 Å². The van der Waals surface area contributed by atoms with Gasteiger partial charge >= 0.3 is 0 Å². The number of carbonyl (C=O) groups is 1. The number of aromatic nitrogens is 4. The first-order valence-electron chi connectivity index (χ1n) is 8.86. The van der Waals surface area contributed by atoms with E-state index in [1.165, 1.54) is 28.2 Å². The van der Waals surface area contributed by atoms with Gasteiger partial charge in [-0.05, 0) is 18.9 Å². The fraction of sp³-hybridized carbons (Fsp3) is 0.200. The van der Waals surface area contributed by atoms with Crippen molar-refractivity contribution in [2.45, 2.75) is 20.3 Å². The van der Waals surface area contributed by atoms with E-state index in [1.807, 2.05) is 25.5 Å². The molecule has 0 spiro atoms. The summed E-state index contributed by atoms with van der Waals surface area (Å²) in [5.41, 5.74) is 4.80. The molecule has 0 aliphatic rings. The molecule has 4 rings (SSSR count). The van der Waals surface area contributed by atoms with Gasteiger partial charge in [0.05, 0.1) is 17.6 Å². The van der Waals surface area contributed by atoms with Crippen molar-refractivity contribution in [2.75, 3.05) is 5.32 Å². The van der Waals surface area contributed by atoms with E-state index in [2.05, 4.69) is 51.6 Å². The summed E-state index contributed by atoms with van der Waals surface area (Å²) < 4.78 is 1.72. The standard InChI is InChI=1S/C20H19N5OS2/c1-4-13-5-7-14(8-6-13)16-11-27-20(23-16)24-18(26)17-12(2)22-19(28-17)15-9-21-25(3)10-15/h5-11H,4H2,1-3H3,(H,23,24,26).